The van der Waals surface area contributed by atoms with Crippen molar-refractivity contribution in [2.75, 3.05) is 18.4 Å². The zero-order valence-corrected chi connectivity index (χ0v) is 10.4. The molecule has 5 heteroatoms. The second-order valence-corrected chi connectivity index (χ2v) is 4.76. The maximum atomic E-state index is 12.0. The van der Waals surface area contributed by atoms with Crippen LogP contribution in [0.3, 0.4) is 0 Å². The first-order chi connectivity index (χ1) is 8.20. The van der Waals surface area contributed by atoms with E-state index < -0.39 is 0 Å². The highest BCUT2D eigenvalue weighted by Gasteiger charge is 2.29. The normalized spacial score (nSPS) is 23.9. The Hall–Kier alpha value is -1.36. The lowest BCUT2D eigenvalue weighted by molar-refractivity contribution is -0.120. The average Bonchev–Trinajstić information content (AvgIpc) is 2.88. The zero-order chi connectivity index (χ0) is 12.3. The van der Waals surface area contributed by atoms with E-state index in [-0.39, 0.29) is 11.8 Å². The average molecular weight is 236 g/mol. The highest BCUT2D eigenvalue weighted by Crippen LogP contribution is 2.18. The molecular weight excluding hydrogens is 216 g/mol. The molecule has 2 unspecified atom stereocenters. The number of hydrogen-bond acceptors (Lipinski definition) is 3. The van der Waals surface area contributed by atoms with Crippen molar-refractivity contribution in [1.82, 2.24) is 15.5 Å². The van der Waals surface area contributed by atoms with E-state index in [9.17, 15) is 4.79 Å². The lowest BCUT2D eigenvalue weighted by Crippen LogP contribution is -2.27. The van der Waals surface area contributed by atoms with Gasteiger partial charge in [0.25, 0.3) is 0 Å². The number of nitrogens with zero attached hydrogens (tertiary/aromatic N) is 1. The Morgan fingerprint density at radius 1 is 1.59 bits per heavy atom. The SMILES string of the molecule is CCCc1cc(NC(=O)C2CNCC2C)n[nH]1. The van der Waals surface area contributed by atoms with Gasteiger partial charge >= 0.3 is 0 Å². The number of aromatic nitrogens is 2. The number of anilines is 1. The summed E-state index contributed by atoms with van der Waals surface area (Å²) >= 11 is 0. The van der Waals surface area contributed by atoms with E-state index in [0.717, 1.165) is 31.6 Å². The minimum Gasteiger partial charge on any atom is -0.316 e. The molecule has 1 aromatic heterocycles. The summed E-state index contributed by atoms with van der Waals surface area (Å²) in [6.07, 6.45) is 2.03. The molecule has 1 fully saturated rings. The number of aromatic amines is 1. The highest BCUT2D eigenvalue weighted by atomic mass is 16.2. The second kappa shape index (κ2) is 5.31. The molecule has 1 aliphatic heterocycles. The second-order valence-electron chi connectivity index (χ2n) is 4.76. The minimum atomic E-state index is 0.0568. The molecule has 17 heavy (non-hydrogen) atoms. The Kier molecular flexibility index (Phi) is 3.78. The van der Waals surface area contributed by atoms with Crippen molar-refractivity contribution in [2.45, 2.75) is 26.7 Å². The number of H-pyrrole nitrogens is 1. The van der Waals surface area contributed by atoms with Gasteiger partial charge in [0, 0.05) is 18.3 Å². The Balaban J connectivity index is 1.93. The molecular formula is C12H20N4O. The molecule has 0 aromatic carbocycles. The summed E-state index contributed by atoms with van der Waals surface area (Å²) in [6.45, 7) is 5.89. The van der Waals surface area contributed by atoms with Crippen molar-refractivity contribution < 1.29 is 4.79 Å². The summed E-state index contributed by atoms with van der Waals surface area (Å²) in [5, 5.41) is 13.1. The van der Waals surface area contributed by atoms with Gasteiger partial charge in [-0.3, -0.25) is 9.89 Å². The van der Waals surface area contributed by atoms with Crippen LogP contribution in [-0.4, -0.2) is 29.2 Å². The predicted molar refractivity (Wildman–Crippen MR) is 66.7 cm³/mol. The van der Waals surface area contributed by atoms with Crippen LogP contribution >= 0.6 is 0 Å². The molecule has 1 saturated heterocycles. The molecule has 0 radical (unpaired) electrons. The van der Waals surface area contributed by atoms with E-state index in [1.165, 1.54) is 0 Å². The summed E-state index contributed by atoms with van der Waals surface area (Å²) in [7, 11) is 0. The first-order valence-corrected chi connectivity index (χ1v) is 6.26. The van der Waals surface area contributed by atoms with Crippen molar-refractivity contribution in [3.63, 3.8) is 0 Å². The standard InChI is InChI=1S/C12H20N4O/c1-3-4-9-5-11(16-15-9)14-12(17)10-7-13-6-8(10)2/h5,8,10,13H,3-4,6-7H2,1-2H3,(H2,14,15,16,17). The molecule has 2 atom stereocenters. The molecule has 1 aliphatic rings. The minimum absolute atomic E-state index is 0.0568. The first kappa shape index (κ1) is 12.1. The maximum Gasteiger partial charge on any atom is 0.230 e. The summed E-state index contributed by atoms with van der Waals surface area (Å²) in [5.74, 6) is 1.15. The molecule has 2 heterocycles. The quantitative estimate of drug-likeness (QED) is 0.734. The largest absolute Gasteiger partial charge is 0.316 e. The topological polar surface area (TPSA) is 69.8 Å². The summed E-state index contributed by atoms with van der Waals surface area (Å²) in [5.41, 5.74) is 1.07. The van der Waals surface area contributed by atoms with Gasteiger partial charge in [-0.1, -0.05) is 20.3 Å². The number of carbonyl (C=O) groups is 1. The van der Waals surface area contributed by atoms with Gasteiger partial charge in [0.1, 0.15) is 0 Å². The van der Waals surface area contributed by atoms with Gasteiger partial charge in [-0.05, 0) is 18.9 Å². The summed E-state index contributed by atoms with van der Waals surface area (Å²) in [4.78, 5) is 12.0. The number of aryl methyl sites for hydroxylation is 1. The Morgan fingerprint density at radius 3 is 3.06 bits per heavy atom. The van der Waals surface area contributed by atoms with Gasteiger partial charge in [0.15, 0.2) is 5.82 Å². The maximum absolute atomic E-state index is 12.0. The lowest BCUT2D eigenvalue weighted by Gasteiger charge is -2.12. The molecule has 0 bridgehead atoms. The van der Waals surface area contributed by atoms with Gasteiger partial charge in [0.05, 0.1) is 5.92 Å². The number of rotatable bonds is 4. The predicted octanol–water partition coefficient (Wildman–Crippen LogP) is 1.16. The fraction of sp³-hybridized carbons (Fsp3) is 0.667. The van der Waals surface area contributed by atoms with Crippen molar-refractivity contribution in [1.29, 1.82) is 0 Å². The molecule has 1 amide bonds. The highest BCUT2D eigenvalue weighted by molar-refractivity contribution is 5.92. The fourth-order valence-electron chi connectivity index (χ4n) is 2.20. The van der Waals surface area contributed by atoms with Crippen LogP contribution in [0.2, 0.25) is 0 Å². The molecule has 94 valence electrons. The van der Waals surface area contributed by atoms with E-state index in [1.54, 1.807) is 0 Å². The van der Waals surface area contributed by atoms with E-state index in [1.807, 2.05) is 6.07 Å². The molecule has 2 rings (SSSR count). The first-order valence-electron chi connectivity index (χ1n) is 6.26. The van der Waals surface area contributed by atoms with Crippen LogP contribution in [-0.2, 0) is 11.2 Å². The Bertz CT molecular complexity index is 388. The Morgan fingerprint density at radius 2 is 2.41 bits per heavy atom. The summed E-state index contributed by atoms with van der Waals surface area (Å²) < 4.78 is 0. The molecule has 3 N–H and O–H groups in total. The third-order valence-electron chi connectivity index (χ3n) is 3.26. The molecule has 5 nitrogen and oxygen atoms in total. The van der Waals surface area contributed by atoms with Crippen LogP contribution in [0.4, 0.5) is 5.82 Å². The van der Waals surface area contributed by atoms with E-state index in [4.69, 9.17) is 0 Å². The monoisotopic (exact) mass is 236 g/mol. The Labute approximate surface area is 101 Å². The van der Waals surface area contributed by atoms with Gasteiger partial charge in [-0.25, -0.2) is 0 Å². The van der Waals surface area contributed by atoms with Crippen molar-refractivity contribution >= 4 is 11.7 Å². The summed E-state index contributed by atoms with van der Waals surface area (Å²) in [6, 6.07) is 1.91. The van der Waals surface area contributed by atoms with Crippen LogP contribution in [0.15, 0.2) is 6.07 Å². The van der Waals surface area contributed by atoms with Crippen LogP contribution in [0.25, 0.3) is 0 Å². The van der Waals surface area contributed by atoms with Crippen LogP contribution in [0.1, 0.15) is 26.0 Å². The molecule has 0 saturated carbocycles. The zero-order valence-electron chi connectivity index (χ0n) is 10.4. The van der Waals surface area contributed by atoms with Gasteiger partial charge < -0.3 is 10.6 Å². The van der Waals surface area contributed by atoms with E-state index >= 15 is 0 Å². The molecule has 0 aliphatic carbocycles. The van der Waals surface area contributed by atoms with Crippen LogP contribution in [0.5, 0.6) is 0 Å². The lowest BCUT2D eigenvalue weighted by atomic mass is 9.97. The smallest absolute Gasteiger partial charge is 0.230 e. The van der Waals surface area contributed by atoms with Gasteiger partial charge in [-0.15, -0.1) is 0 Å². The van der Waals surface area contributed by atoms with Crippen LogP contribution in [0, 0.1) is 11.8 Å². The van der Waals surface area contributed by atoms with Gasteiger partial charge in [-0.2, -0.15) is 5.10 Å². The number of carbonyl (C=O) groups excluding carboxylic acids is 1. The number of amides is 1. The fourth-order valence-corrected chi connectivity index (χ4v) is 2.20. The van der Waals surface area contributed by atoms with Crippen molar-refractivity contribution in [3.05, 3.63) is 11.8 Å². The van der Waals surface area contributed by atoms with Crippen molar-refractivity contribution in [3.8, 4) is 0 Å². The van der Waals surface area contributed by atoms with Gasteiger partial charge in [0.2, 0.25) is 5.91 Å². The third kappa shape index (κ3) is 2.85. The third-order valence-corrected chi connectivity index (χ3v) is 3.26. The molecule has 1 aromatic rings. The number of nitrogens with one attached hydrogen (secondary N) is 3. The van der Waals surface area contributed by atoms with Crippen molar-refractivity contribution in [2.24, 2.45) is 11.8 Å². The van der Waals surface area contributed by atoms with E-state index in [2.05, 4.69) is 34.7 Å². The number of hydrogen-bond donors (Lipinski definition) is 3. The van der Waals surface area contributed by atoms with Crippen LogP contribution < -0.4 is 10.6 Å². The molecule has 0 spiro atoms. The van der Waals surface area contributed by atoms with E-state index in [0.29, 0.717) is 11.7 Å².